The van der Waals surface area contributed by atoms with Gasteiger partial charge in [-0.15, -0.1) is 0 Å². The predicted molar refractivity (Wildman–Crippen MR) is 74.4 cm³/mol. The summed E-state index contributed by atoms with van der Waals surface area (Å²) in [6.45, 7) is 8.16. The molecule has 0 radical (unpaired) electrons. The van der Waals surface area contributed by atoms with Crippen molar-refractivity contribution in [1.82, 2.24) is 15.1 Å². The Labute approximate surface area is 109 Å². The van der Waals surface area contributed by atoms with Crippen LogP contribution in [0.2, 0.25) is 0 Å². The third kappa shape index (κ3) is 2.79. The van der Waals surface area contributed by atoms with Crippen molar-refractivity contribution in [3.8, 4) is 0 Å². The molecule has 0 spiro atoms. The van der Waals surface area contributed by atoms with Gasteiger partial charge in [0.2, 0.25) is 0 Å². The molecule has 0 fully saturated rings. The van der Waals surface area contributed by atoms with Gasteiger partial charge in [0.1, 0.15) is 0 Å². The van der Waals surface area contributed by atoms with Crippen LogP contribution in [-0.2, 0) is 20.1 Å². The Kier molecular flexibility index (Phi) is 3.82. The second-order valence-electron chi connectivity index (χ2n) is 4.91. The molecule has 0 atom stereocenters. The lowest BCUT2D eigenvalue weighted by atomic mass is 10.1. The summed E-state index contributed by atoms with van der Waals surface area (Å²) in [6.07, 6.45) is 1.93. The van der Waals surface area contributed by atoms with Gasteiger partial charge < -0.3 is 5.32 Å². The number of aryl methyl sites for hydroxylation is 3. The van der Waals surface area contributed by atoms with Crippen molar-refractivity contribution in [3.63, 3.8) is 0 Å². The second kappa shape index (κ2) is 5.36. The Morgan fingerprint density at radius 1 is 1.11 bits per heavy atom. The average molecular weight is 243 g/mol. The molecule has 1 aromatic heterocycles. The fourth-order valence-electron chi connectivity index (χ4n) is 2.09. The molecule has 0 saturated heterocycles. The number of hydrogen-bond donors (Lipinski definition) is 1. The van der Waals surface area contributed by atoms with Crippen LogP contribution in [0.25, 0.3) is 0 Å². The first-order valence-electron chi connectivity index (χ1n) is 6.32. The normalized spacial score (nSPS) is 10.9. The van der Waals surface area contributed by atoms with Crippen LogP contribution in [-0.4, -0.2) is 9.78 Å². The van der Waals surface area contributed by atoms with Gasteiger partial charge in [0.25, 0.3) is 0 Å². The minimum Gasteiger partial charge on any atom is -0.308 e. The van der Waals surface area contributed by atoms with E-state index in [0.29, 0.717) is 0 Å². The molecule has 0 aliphatic carbocycles. The first-order chi connectivity index (χ1) is 8.58. The Morgan fingerprint density at radius 2 is 1.83 bits per heavy atom. The number of nitrogens with zero attached hydrogens (tertiary/aromatic N) is 2. The fourth-order valence-corrected chi connectivity index (χ4v) is 2.09. The van der Waals surface area contributed by atoms with Gasteiger partial charge in [0.15, 0.2) is 0 Å². The Bertz CT molecular complexity index is 541. The van der Waals surface area contributed by atoms with Crippen LogP contribution < -0.4 is 5.32 Å². The lowest BCUT2D eigenvalue weighted by Crippen LogP contribution is -2.14. The molecule has 0 unspecified atom stereocenters. The Balaban J connectivity index is 1.94. The molecule has 1 aromatic carbocycles. The molecule has 18 heavy (non-hydrogen) atoms. The molecule has 3 nitrogen and oxygen atoms in total. The number of aromatic nitrogens is 2. The molecule has 0 bridgehead atoms. The zero-order chi connectivity index (χ0) is 13.1. The van der Waals surface area contributed by atoms with Crippen LogP contribution in [0.5, 0.6) is 0 Å². The zero-order valence-corrected chi connectivity index (χ0v) is 11.6. The highest BCUT2D eigenvalue weighted by Gasteiger charge is 2.03. The first kappa shape index (κ1) is 12.8. The summed E-state index contributed by atoms with van der Waals surface area (Å²) in [7, 11) is 1.98. The lowest BCUT2D eigenvalue weighted by molar-refractivity contribution is 0.682. The third-order valence-electron chi connectivity index (χ3n) is 3.47. The van der Waals surface area contributed by atoms with Gasteiger partial charge >= 0.3 is 0 Å². The van der Waals surface area contributed by atoms with Crippen LogP contribution in [0.15, 0.2) is 24.4 Å². The SMILES string of the molecule is Cc1ccc(CNCc2cnn(C)c2C)c(C)c1. The van der Waals surface area contributed by atoms with E-state index in [4.69, 9.17) is 0 Å². The van der Waals surface area contributed by atoms with E-state index in [9.17, 15) is 0 Å². The molecule has 0 aliphatic heterocycles. The minimum atomic E-state index is 0.868. The molecule has 2 rings (SSSR count). The van der Waals surface area contributed by atoms with Crippen LogP contribution in [0.4, 0.5) is 0 Å². The van der Waals surface area contributed by atoms with E-state index >= 15 is 0 Å². The highest BCUT2D eigenvalue weighted by Crippen LogP contribution is 2.11. The molecule has 2 aromatic rings. The van der Waals surface area contributed by atoms with Gasteiger partial charge in [-0.3, -0.25) is 4.68 Å². The molecule has 96 valence electrons. The summed E-state index contributed by atoms with van der Waals surface area (Å²) in [4.78, 5) is 0. The monoisotopic (exact) mass is 243 g/mol. The molecule has 0 saturated carbocycles. The van der Waals surface area contributed by atoms with Crippen LogP contribution in [0, 0.1) is 20.8 Å². The van der Waals surface area contributed by atoms with Crippen molar-refractivity contribution >= 4 is 0 Å². The van der Waals surface area contributed by atoms with Crippen LogP contribution in [0.3, 0.4) is 0 Å². The molecule has 0 amide bonds. The van der Waals surface area contributed by atoms with Gasteiger partial charge in [-0.05, 0) is 31.9 Å². The van der Waals surface area contributed by atoms with Crippen molar-refractivity contribution in [2.75, 3.05) is 0 Å². The maximum Gasteiger partial charge on any atom is 0.0537 e. The van der Waals surface area contributed by atoms with Crippen LogP contribution >= 0.6 is 0 Å². The van der Waals surface area contributed by atoms with Crippen molar-refractivity contribution < 1.29 is 0 Å². The molecular weight excluding hydrogens is 222 g/mol. The van der Waals surface area contributed by atoms with E-state index in [-0.39, 0.29) is 0 Å². The predicted octanol–water partition coefficient (Wildman–Crippen LogP) is 2.64. The van der Waals surface area contributed by atoms with Crippen molar-refractivity contribution in [3.05, 3.63) is 52.3 Å². The molecule has 1 N–H and O–H groups in total. The molecule has 1 heterocycles. The number of benzene rings is 1. The minimum absolute atomic E-state index is 0.868. The third-order valence-corrected chi connectivity index (χ3v) is 3.47. The van der Waals surface area contributed by atoms with Gasteiger partial charge in [-0.25, -0.2) is 0 Å². The van der Waals surface area contributed by atoms with E-state index in [0.717, 1.165) is 13.1 Å². The first-order valence-corrected chi connectivity index (χ1v) is 6.32. The summed E-state index contributed by atoms with van der Waals surface area (Å²) in [5, 5.41) is 7.73. The molecule has 3 heteroatoms. The molecule has 0 aliphatic rings. The summed E-state index contributed by atoms with van der Waals surface area (Å²) >= 11 is 0. The van der Waals surface area contributed by atoms with Crippen molar-refractivity contribution in [2.45, 2.75) is 33.9 Å². The van der Waals surface area contributed by atoms with Crippen molar-refractivity contribution in [2.24, 2.45) is 7.05 Å². The van der Waals surface area contributed by atoms with Crippen molar-refractivity contribution in [1.29, 1.82) is 0 Å². The summed E-state index contributed by atoms with van der Waals surface area (Å²) in [5.74, 6) is 0. The van der Waals surface area contributed by atoms with E-state index in [1.165, 1.54) is 27.9 Å². The number of hydrogen-bond acceptors (Lipinski definition) is 2. The van der Waals surface area contributed by atoms with E-state index in [1.54, 1.807) is 0 Å². The topological polar surface area (TPSA) is 29.9 Å². The quantitative estimate of drug-likeness (QED) is 0.894. The molecular formula is C15H21N3. The lowest BCUT2D eigenvalue weighted by Gasteiger charge is -2.08. The van der Waals surface area contributed by atoms with Gasteiger partial charge in [-0.1, -0.05) is 23.8 Å². The Hall–Kier alpha value is -1.61. The van der Waals surface area contributed by atoms with Gasteiger partial charge in [0.05, 0.1) is 6.20 Å². The summed E-state index contributed by atoms with van der Waals surface area (Å²) in [5.41, 5.74) is 6.53. The maximum atomic E-state index is 4.25. The highest BCUT2D eigenvalue weighted by atomic mass is 15.3. The number of nitrogens with one attached hydrogen (secondary N) is 1. The smallest absolute Gasteiger partial charge is 0.0537 e. The van der Waals surface area contributed by atoms with Gasteiger partial charge in [0, 0.05) is 31.4 Å². The highest BCUT2D eigenvalue weighted by molar-refractivity contribution is 5.30. The standard InChI is InChI=1S/C15H21N3/c1-11-5-6-14(12(2)7-11)8-16-9-15-10-17-18(4)13(15)3/h5-7,10,16H,8-9H2,1-4H3. The average Bonchev–Trinajstić information content (AvgIpc) is 2.64. The van der Waals surface area contributed by atoms with E-state index in [1.807, 2.05) is 17.9 Å². The van der Waals surface area contributed by atoms with E-state index < -0.39 is 0 Å². The second-order valence-corrected chi connectivity index (χ2v) is 4.91. The maximum absolute atomic E-state index is 4.25. The van der Waals surface area contributed by atoms with Gasteiger partial charge in [-0.2, -0.15) is 5.10 Å². The Morgan fingerprint density at radius 3 is 2.44 bits per heavy atom. The summed E-state index contributed by atoms with van der Waals surface area (Å²) in [6, 6.07) is 6.60. The summed E-state index contributed by atoms with van der Waals surface area (Å²) < 4.78 is 1.91. The van der Waals surface area contributed by atoms with E-state index in [2.05, 4.69) is 49.4 Å². The number of rotatable bonds is 4. The largest absolute Gasteiger partial charge is 0.308 e. The fraction of sp³-hybridized carbons (Fsp3) is 0.400. The zero-order valence-electron chi connectivity index (χ0n) is 11.6. The van der Waals surface area contributed by atoms with Crippen LogP contribution in [0.1, 0.15) is 27.9 Å².